The van der Waals surface area contributed by atoms with Gasteiger partial charge in [0.25, 0.3) is 0 Å². The molecule has 0 amide bonds. The van der Waals surface area contributed by atoms with Crippen molar-refractivity contribution in [3.05, 3.63) is 132 Å². The van der Waals surface area contributed by atoms with Gasteiger partial charge in [0, 0.05) is 71.8 Å². The fourth-order valence-electron chi connectivity index (χ4n) is 12.9. The minimum Gasteiger partial charge on any atom is -0.382 e. The van der Waals surface area contributed by atoms with Crippen LogP contribution in [0.1, 0.15) is 86.8 Å². The van der Waals surface area contributed by atoms with Crippen LogP contribution in [0.3, 0.4) is 0 Å². The normalized spacial score (nSPS) is 30.9. The maximum absolute atomic E-state index is 12.5. The molecule has 6 fully saturated rings. The lowest BCUT2D eigenvalue weighted by molar-refractivity contribution is -0.986. The van der Waals surface area contributed by atoms with Crippen molar-refractivity contribution in [1.29, 1.82) is 0 Å². The van der Waals surface area contributed by atoms with Crippen molar-refractivity contribution >= 4 is 32.6 Å². The Labute approximate surface area is 332 Å². The van der Waals surface area contributed by atoms with Crippen LogP contribution in [-0.4, -0.2) is 67.4 Å². The molecule has 2 N–H and O–H groups in total. The van der Waals surface area contributed by atoms with Crippen molar-refractivity contribution in [3.8, 4) is 0 Å². The van der Waals surface area contributed by atoms with Crippen LogP contribution in [0, 0.1) is 23.7 Å². The molecular weight excluding hydrogens is 689 g/mol. The second-order valence-electron chi connectivity index (χ2n) is 18.3. The number of aliphatic hydroxyl groups excluding tert-OH is 2. The molecule has 288 valence electrons. The largest absolute Gasteiger partial charge is 0.382 e. The lowest BCUT2D eigenvalue weighted by atomic mass is 9.70. The number of nitrogens with zero attached hydrogens (tertiary/aromatic N) is 4. The zero-order chi connectivity index (χ0) is 38.0. The Balaban J connectivity index is 1.05. The van der Waals surface area contributed by atoms with Gasteiger partial charge in [-0.2, -0.15) is 0 Å². The number of hydrogen-bond acceptors (Lipinski definition) is 4. The van der Waals surface area contributed by atoms with E-state index >= 15 is 0 Å². The molecule has 6 heteroatoms. The highest BCUT2D eigenvalue weighted by Crippen LogP contribution is 2.51. The van der Waals surface area contributed by atoms with Gasteiger partial charge in [0.2, 0.25) is 0 Å². The molecule has 12 rings (SSSR count). The van der Waals surface area contributed by atoms with Gasteiger partial charge in [-0.1, -0.05) is 86.6 Å². The molecular formula is C50H58N4O2+2. The number of fused-ring (bicyclic) bond motifs is 9. The van der Waals surface area contributed by atoms with Crippen LogP contribution in [0.15, 0.2) is 109 Å². The van der Waals surface area contributed by atoms with Gasteiger partial charge in [-0.3, -0.25) is 9.97 Å². The van der Waals surface area contributed by atoms with Crippen LogP contribution in [-0.2, 0) is 13.1 Å². The molecule has 10 atom stereocenters. The van der Waals surface area contributed by atoms with Gasteiger partial charge in [-0.25, -0.2) is 0 Å². The Morgan fingerprint density at radius 3 is 1.52 bits per heavy atom. The topological polar surface area (TPSA) is 66.2 Å². The van der Waals surface area contributed by atoms with E-state index in [4.69, 9.17) is 0 Å². The number of aromatic nitrogens is 2. The van der Waals surface area contributed by atoms with E-state index in [1.54, 1.807) is 0 Å². The van der Waals surface area contributed by atoms with Gasteiger partial charge in [0.15, 0.2) is 0 Å². The summed E-state index contributed by atoms with van der Waals surface area (Å²) in [5.41, 5.74) is 6.80. The van der Waals surface area contributed by atoms with Crippen LogP contribution in [0.4, 0.5) is 0 Å². The first-order valence-corrected chi connectivity index (χ1v) is 21.6. The third kappa shape index (κ3) is 5.90. The van der Waals surface area contributed by atoms with Crippen molar-refractivity contribution < 1.29 is 19.2 Å². The molecule has 4 aromatic carbocycles. The molecule has 0 unspecified atom stereocenters. The summed E-state index contributed by atoms with van der Waals surface area (Å²) < 4.78 is 1.88. The average molecular weight is 747 g/mol. The lowest BCUT2D eigenvalue weighted by Gasteiger charge is -2.59. The molecule has 0 radical (unpaired) electrons. The van der Waals surface area contributed by atoms with Gasteiger partial charge in [-0.15, -0.1) is 0 Å². The number of hydrogen-bond donors (Lipinski definition) is 2. The first-order chi connectivity index (χ1) is 27.4. The summed E-state index contributed by atoms with van der Waals surface area (Å²) in [6, 6.07) is 35.0. The second kappa shape index (κ2) is 14.3. The van der Waals surface area contributed by atoms with E-state index in [0.29, 0.717) is 23.7 Å². The molecule has 6 aliphatic rings. The van der Waals surface area contributed by atoms with E-state index in [9.17, 15) is 10.2 Å². The molecule has 8 heterocycles. The first kappa shape index (κ1) is 36.2. The van der Waals surface area contributed by atoms with Gasteiger partial charge in [0.05, 0.1) is 37.2 Å². The fourth-order valence-corrected chi connectivity index (χ4v) is 12.9. The standard InChI is InChI=1S/C50H58N4O2/c1-3-33-29-53(25-21-36(33)27-46(53)49(55)42-19-23-51-44-17-7-5-15-40(42)44)31-38-13-9-11-35-12-10-14-39(48(35)38)32-54-26-22-37(34(4-2)30-54)28-47(54)50(56)43-20-24-52-45-18-8-6-16-41(43)45/h5-20,23-24,33-34,36-37,46-47,49-50,55-56H,3-4,21-22,25-32H2,1-2H3/q+2/t33-,34-,36-,37-,46-,47-,49+,50+,53-,54-/m0/s1. The van der Waals surface area contributed by atoms with Crippen molar-refractivity contribution in [2.75, 3.05) is 26.2 Å². The van der Waals surface area contributed by atoms with Crippen LogP contribution < -0.4 is 0 Å². The van der Waals surface area contributed by atoms with Crippen molar-refractivity contribution in [3.63, 3.8) is 0 Å². The van der Waals surface area contributed by atoms with Crippen molar-refractivity contribution in [2.45, 2.75) is 89.8 Å². The van der Waals surface area contributed by atoms with Gasteiger partial charge < -0.3 is 19.2 Å². The highest BCUT2D eigenvalue weighted by atomic mass is 16.3. The Hall–Kier alpha value is -4.20. The second-order valence-corrected chi connectivity index (χ2v) is 18.3. The summed E-state index contributed by atoms with van der Waals surface area (Å²) in [5.74, 6) is 2.70. The SMILES string of the molecule is CC[C@H]1C[N@+]2(Cc3cccc4cccc(C[N@@+]56CC[C@@H](C[C@H]5[C@H](O)c5ccnc7ccccc57)[C@@H](CC)C6)c34)CC[C@H]1C[C@H]2[C@H](O)c1ccnc2ccccc12. The molecule has 4 bridgehead atoms. The molecule has 6 nitrogen and oxygen atoms in total. The fraction of sp³-hybridized carbons (Fsp3) is 0.440. The third-order valence-electron chi connectivity index (χ3n) is 15.7. The zero-order valence-electron chi connectivity index (χ0n) is 33.2. The first-order valence-electron chi connectivity index (χ1n) is 21.6. The molecule has 0 saturated carbocycles. The smallest absolute Gasteiger partial charge is 0.131 e. The molecule has 0 aliphatic carbocycles. The number of rotatable bonds is 10. The number of para-hydroxylation sites is 2. The molecule has 0 spiro atoms. The summed E-state index contributed by atoms with van der Waals surface area (Å²) in [6.45, 7) is 11.1. The summed E-state index contributed by atoms with van der Waals surface area (Å²) in [4.78, 5) is 9.31. The molecule has 2 aromatic heterocycles. The Kier molecular flexibility index (Phi) is 9.25. The Morgan fingerprint density at radius 2 is 1.05 bits per heavy atom. The Morgan fingerprint density at radius 1 is 0.589 bits per heavy atom. The highest BCUT2D eigenvalue weighted by Gasteiger charge is 2.56. The van der Waals surface area contributed by atoms with E-state index in [1.807, 2.05) is 24.5 Å². The maximum Gasteiger partial charge on any atom is 0.131 e. The minimum absolute atomic E-state index is 0.132. The van der Waals surface area contributed by atoms with Crippen molar-refractivity contribution in [1.82, 2.24) is 9.97 Å². The molecule has 56 heavy (non-hydrogen) atoms. The van der Waals surface area contributed by atoms with Crippen LogP contribution in [0.2, 0.25) is 0 Å². The van der Waals surface area contributed by atoms with Gasteiger partial charge in [0.1, 0.15) is 37.4 Å². The summed E-state index contributed by atoms with van der Waals surface area (Å²) in [7, 11) is 0. The van der Waals surface area contributed by atoms with Gasteiger partial charge in [-0.05, 0) is 70.8 Å². The predicted octanol–water partition coefficient (Wildman–Crippen LogP) is 9.67. The number of pyridine rings is 2. The van der Waals surface area contributed by atoms with Crippen molar-refractivity contribution in [2.24, 2.45) is 23.7 Å². The summed E-state index contributed by atoms with van der Waals surface area (Å²) in [6.07, 6.45) is 9.66. The van der Waals surface area contributed by atoms with E-state index in [2.05, 4.69) is 109 Å². The number of piperidine rings is 6. The maximum atomic E-state index is 12.5. The highest BCUT2D eigenvalue weighted by molar-refractivity contribution is 5.89. The van der Waals surface area contributed by atoms with Crippen LogP contribution in [0.5, 0.6) is 0 Å². The van der Waals surface area contributed by atoms with E-state index < -0.39 is 12.2 Å². The average Bonchev–Trinajstić information content (AvgIpc) is 3.25. The Bertz CT molecular complexity index is 2220. The summed E-state index contributed by atoms with van der Waals surface area (Å²) in [5, 5.41) is 29.9. The third-order valence-corrected chi connectivity index (χ3v) is 15.7. The number of quaternary nitrogens is 2. The molecule has 6 saturated heterocycles. The molecule has 6 aliphatic heterocycles. The molecule has 6 aromatic rings. The summed E-state index contributed by atoms with van der Waals surface area (Å²) >= 11 is 0. The van der Waals surface area contributed by atoms with Crippen LogP contribution >= 0.6 is 0 Å². The quantitative estimate of drug-likeness (QED) is 0.137. The van der Waals surface area contributed by atoms with E-state index in [-0.39, 0.29) is 12.1 Å². The van der Waals surface area contributed by atoms with Gasteiger partial charge >= 0.3 is 0 Å². The number of benzene rings is 4. The van der Waals surface area contributed by atoms with E-state index in [1.165, 1.54) is 47.6 Å². The van der Waals surface area contributed by atoms with E-state index in [0.717, 1.165) is 94.0 Å². The lowest BCUT2D eigenvalue weighted by Crippen LogP contribution is -2.68. The minimum atomic E-state index is -0.552. The predicted molar refractivity (Wildman–Crippen MR) is 225 cm³/mol. The zero-order valence-corrected chi connectivity index (χ0v) is 33.2. The monoisotopic (exact) mass is 746 g/mol. The number of aliphatic hydroxyl groups is 2. The van der Waals surface area contributed by atoms with Crippen LogP contribution in [0.25, 0.3) is 32.6 Å².